The summed E-state index contributed by atoms with van der Waals surface area (Å²) in [6.45, 7) is 1.88. The van der Waals surface area contributed by atoms with E-state index in [0.29, 0.717) is 15.2 Å². The standard InChI is InChI=1S/C21H13BrFN3O3S/c1-11-10-26-18(24)14(19(27)25-21(26)30-11)8-12-6-7-17(15(22)9-12)29-20(28)13-4-2-3-5-16(13)23/h2-10,24H,1H3/b14-8-,24-18?. The number of aliphatic imine (C=N–C) groups is 1. The Balaban J connectivity index is 1.58. The minimum atomic E-state index is -0.820. The first-order valence-corrected chi connectivity index (χ1v) is 10.3. The third kappa shape index (κ3) is 3.86. The molecular formula is C21H13BrFN3O3S. The van der Waals surface area contributed by atoms with Crippen molar-refractivity contribution in [2.45, 2.75) is 6.92 Å². The van der Waals surface area contributed by atoms with E-state index in [0.717, 1.165) is 4.91 Å². The highest BCUT2D eigenvalue weighted by atomic mass is 79.9. The summed E-state index contributed by atoms with van der Waals surface area (Å²) in [7, 11) is 0. The topological polar surface area (TPSA) is 82.8 Å². The van der Waals surface area contributed by atoms with Crippen molar-refractivity contribution in [3.63, 3.8) is 0 Å². The SMILES string of the molecule is CC1=CN2C(=N)/C(=C/c3ccc(OC(=O)c4ccccc4F)c(Br)c3)C(=O)N=C2S1. The maximum atomic E-state index is 13.8. The molecule has 0 bridgehead atoms. The number of allylic oxidation sites excluding steroid dienone is 1. The van der Waals surface area contributed by atoms with Gasteiger partial charge in [0, 0.05) is 11.1 Å². The van der Waals surface area contributed by atoms with Gasteiger partial charge in [-0.25, -0.2) is 9.18 Å². The van der Waals surface area contributed by atoms with Gasteiger partial charge in [-0.15, -0.1) is 0 Å². The van der Waals surface area contributed by atoms with E-state index in [9.17, 15) is 14.0 Å². The van der Waals surface area contributed by atoms with Gasteiger partial charge in [0.25, 0.3) is 5.91 Å². The molecule has 9 heteroatoms. The lowest BCUT2D eigenvalue weighted by atomic mass is 10.1. The largest absolute Gasteiger partial charge is 0.422 e. The fourth-order valence-corrected chi connectivity index (χ4v) is 4.13. The minimum absolute atomic E-state index is 0.0422. The summed E-state index contributed by atoms with van der Waals surface area (Å²) in [6.07, 6.45) is 3.30. The monoisotopic (exact) mass is 485 g/mol. The molecule has 2 aromatic rings. The minimum Gasteiger partial charge on any atom is -0.422 e. The van der Waals surface area contributed by atoms with Gasteiger partial charge in [0.2, 0.25) is 0 Å². The van der Waals surface area contributed by atoms with Crippen molar-refractivity contribution < 1.29 is 18.7 Å². The van der Waals surface area contributed by atoms with E-state index in [1.54, 1.807) is 35.4 Å². The van der Waals surface area contributed by atoms with Crippen LogP contribution in [0.5, 0.6) is 5.75 Å². The van der Waals surface area contributed by atoms with Crippen LogP contribution in [0.15, 0.2) is 68.6 Å². The molecule has 2 aliphatic rings. The first kappa shape index (κ1) is 20.2. The van der Waals surface area contributed by atoms with Crippen molar-refractivity contribution in [2.24, 2.45) is 4.99 Å². The van der Waals surface area contributed by atoms with Gasteiger partial charge in [0.15, 0.2) is 5.17 Å². The molecule has 0 radical (unpaired) electrons. The Morgan fingerprint density at radius 1 is 1.30 bits per heavy atom. The molecule has 2 aliphatic heterocycles. The van der Waals surface area contributed by atoms with Crippen LogP contribution in [0.4, 0.5) is 4.39 Å². The zero-order valence-corrected chi connectivity index (χ0v) is 17.9. The molecule has 0 fully saturated rings. The maximum absolute atomic E-state index is 13.8. The van der Waals surface area contributed by atoms with Crippen molar-refractivity contribution in [3.8, 4) is 5.75 Å². The Bertz CT molecular complexity index is 1210. The molecular weight excluding hydrogens is 473 g/mol. The smallest absolute Gasteiger partial charge is 0.346 e. The Hall–Kier alpha value is -3.04. The number of rotatable bonds is 3. The third-order valence-corrected chi connectivity index (χ3v) is 5.77. The van der Waals surface area contributed by atoms with Crippen LogP contribution in [0.1, 0.15) is 22.8 Å². The van der Waals surface area contributed by atoms with E-state index in [2.05, 4.69) is 20.9 Å². The van der Waals surface area contributed by atoms with Crippen LogP contribution in [-0.4, -0.2) is 27.8 Å². The lowest BCUT2D eigenvalue weighted by Crippen LogP contribution is -2.35. The number of halogens is 2. The fourth-order valence-electron chi connectivity index (χ4n) is 2.84. The zero-order chi connectivity index (χ0) is 21.4. The second-order valence-electron chi connectivity index (χ2n) is 6.38. The molecule has 1 amide bonds. The molecule has 0 saturated heterocycles. The average molecular weight is 486 g/mol. The average Bonchev–Trinajstić information content (AvgIpc) is 3.07. The Labute approximate surface area is 183 Å². The molecule has 2 aromatic carbocycles. The van der Waals surface area contributed by atoms with Crippen LogP contribution in [0.25, 0.3) is 6.08 Å². The summed E-state index contributed by atoms with van der Waals surface area (Å²) in [5.74, 6) is -1.74. The predicted molar refractivity (Wildman–Crippen MR) is 117 cm³/mol. The highest BCUT2D eigenvalue weighted by molar-refractivity contribution is 9.10. The van der Waals surface area contributed by atoms with Crippen LogP contribution in [-0.2, 0) is 4.79 Å². The van der Waals surface area contributed by atoms with Crippen LogP contribution in [0.3, 0.4) is 0 Å². The van der Waals surface area contributed by atoms with Gasteiger partial charge in [-0.1, -0.05) is 30.0 Å². The van der Waals surface area contributed by atoms with E-state index in [1.807, 2.05) is 6.92 Å². The molecule has 0 spiro atoms. The van der Waals surface area contributed by atoms with Crippen LogP contribution < -0.4 is 4.74 Å². The van der Waals surface area contributed by atoms with E-state index in [4.69, 9.17) is 10.1 Å². The highest BCUT2D eigenvalue weighted by Gasteiger charge is 2.32. The second kappa shape index (κ2) is 8.00. The molecule has 2 heterocycles. The van der Waals surface area contributed by atoms with Gasteiger partial charge < -0.3 is 4.74 Å². The Kier molecular flexibility index (Phi) is 5.40. The van der Waals surface area contributed by atoms with Crippen molar-refractivity contribution in [2.75, 3.05) is 0 Å². The lowest BCUT2D eigenvalue weighted by Gasteiger charge is -2.22. The number of amidine groups is 2. The molecule has 1 N–H and O–H groups in total. The van der Waals surface area contributed by atoms with Gasteiger partial charge in [-0.2, -0.15) is 4.99 Å². The molecule has 0 atom stereocenters. The number of benzene rings is 2. The number of carbonyl (C=O) groups is 2. The summed E-state index contributed by atoms with van der Waals surface area (Å²) in [4.78, 5) is 31.1. The van der Waals surface area contributed by atoms with Crippen LogP contribution in [0.2, 0.25) is 0 Å². The van der Waals surface area contributed by atoms with E-state index < -0.39 is 17.7 Å². The molecule has 150 valence electrons. The summed E-state index contributed by atoms with van der Waals surface area (Å²) in [6, 6.07) is 10.3. The number of nitrogens with one attached hydrogen (secondary N) is 1. The number of thioether (sulfide) groups is 1. The number of hydrogen-bond acceptors (Lipinski definition) is 5. The number of carbonyl (C=O) groups excluding carboxylic acids is 2. The Morgan fingerprint density at radius 2 is 2.07 bits per heavy atom. The first-order chi connectivity index (χ1) is 14.3. The number of nitrogens with zero attached hydrogens (tertiary/aromatic N) is 2. The summed E-state index contributed by atoms with van der Waals surface area (Å²) in [5.41, 5.74) is 0.581. The lowest BCUT2D eigenvalue weighted by molar-refractivity contribution is -0.114. The van der Waals surface area contributed by atoms with Gasteiger partial charge in [0.05, 0.1) is 15.6 Å². The molecule has 6 nitrogen and oxygen atoms in total. The van der Waals surface area contributed by atoms with Crippen molar-refractivity contribution in [1.82, 2.24) is 4.90 Å². The van der Waals surface area contributed by atoms with Crippen molar-refractivity contribution >= 4 is 56.6 Å². The van der Waals surface area contributed by atoms with E-state index in [-0.39, 0.29) is 22.7 Å². The first-order valence-electron chi connectivity index (χ1n) is 8.69. The van der Waals surface area contributed by atoms with Gasteiger partial charge in [-0.3, -0.25) is 15.1 Å². The molecule has 0 aliphatic carbocycles. The van der Waals surface area contributed by atoms with Gasteiger partial charge in [0.1, 0.15) is 17.4 Å². The molecule has 0 unspecified atom stereocenters. The fraction of sp³-hybridized carbons (Fsp3) is 0.0476. The number of esters is 1. The van der Waals surface area contributed by atoms with Crippen LogP contribution >= 0.6 is 27.7 Å². The van der Waals surface area contributed by atoms with Crippen LogP contribution in [0, 0.1) is 11.2 Å². The molecule has 0 saturated carbocycles. The number of fused-ring (bicyclic) bond motifs is 1. The van der Waals surface area contributed by atoms with Crippen molar-refractivity contribution in [3.05, 3.63) is 80.6 Å². The molecule has 30 heavy (non-hydrogen) atoms. The molecule has 4 rings (SSSR count). The van der Waals surface area contributed by atoms with Gasteiger partial charge in [-0.05, 0) is 58.8 Å². The summed E-state index contributed by atoms with van der Waals surface area (Å²) in [5, 5.41) is 8.80. The normalized spacial score (nSPS) is 17.0. The van der Waals surface area contributed by atoms with Crippen molar-refractivity contribution in [1.29, 1.82) is 5.41 Å². The zero-order valence-electron chi connectivity index (χ0n) is 15.5. The van der Waals surface area contributed by atoms with E-state index in [1.165, 1.54) is 36.0 Å². The number of hydrogen-bond donors (Lipinski definition) is 1. The number of ether oxygens (including phenoxy) is 1. The maximum Gasteiger partial charge on any atom is 0.346 e. The summed E-state index contributed by atoms with van der Waals surface area (Å²) < 4.78 is 19.5. The molecule has 0 aromatic heterocycles. The number of amides is 1. The quantitative estimate of drug-likeness (QED) is 0.376. The predicted octanol–water partition coefficient (Wildman–Crippen LogP) is 4.97. The van der Waals surface area contributed by atoms with Gasteiger partial charge >= 0.3 is 5.97 Å². The second-order valence-corrected chi connectivity index (χ2v) is 8.44. The third-order valence-electron chi connectivity index (χ3n) is 4.26. The van der Waals surface area contributed by atoms with E-state index >= 15 is 0 Å². The highest BCUT2D eigenvalue weighted by Crippen LogP contribution is 2.33. The summed E-state index contributed by atoms with van der Waals surface area (Å²) >= 11 is 4.67. The Morgan fingerprint density at radius 3 is 2.80 bits per heavy atom.